The number of para-hydroxylation sites is 2. The third kappa shape index (κ3) is 4.96. The predicted molar refractivity (Wildman–Crippen MR) is 92.7 cm³/mol. The first-order chi connectivity index (χ1) is 12.3. The highest BCUT2D eigenvalue weighted by Gasteiger charge is 2.23. The van der Waals surface area contributed by atoms with Crippen LogP contribution in [0.2, 0.25) is 0 Å². The molecule has 0 aliphatic carbocycles. The van der Waals surface area contributed by atoms with Crippen LogP contribution in [0.1, 0.15) is 11.5 Å². The van der Waals surface area contributed by atoms with Gasteiger partial charge in [0, 0.05) is 13.1 Å². The molecule has 2 rings (SSSR count). The fourth-order valence-electron chi connectivity index (χ4n) is 2.25. The monoisotopic (exact) mass is 383 g/mol. The molecule has 0 saturated heterocycles. The number of nitrogens with zero attached hydrogens (tertiary/aromatic N) is 1. The molecule has 0 unspecified atom stereocenters. The van der Waals surface area contributed by atoms with E-state index in [1.54, 1.807) is 31.2 Å². The fourth-order valence-corrected chi connectivity index (χ4v) is 3.61. The van der Waals surface area contributed by atoms with Gasteiger partial charge in [-0.2, -0.15) is 0 Å². The van der Waals surface area contributed by atoms with Crippen LogP contribution in [0, 0.1) is 13.8 Å². The van der Waals surface area contributed by atoms with Crippen LogP contribution in [0.3, 0.4) is 0 Å². The number of benzene rings is 1. The lowest BCUT2D eigenvalue weighted by Crippen LogP contribution is -2.37. The zero-order valence-corrected chi connectivity index (χ0v) is 15.6. The molecule has 1 amide bonds. The summed E-state index contributed by atoms with van der Waals surface area (Å²) < 4.78 is 42.1. The molecule has 1 aromatic carbocycles. The van der Waals surface area contributed by atoms with E-state index in [0.29, 0.717) is 11.5 Å². The average Bonchev–Trinajstić information content (AvgIpc) is 2.96. The summed E-state index contributed by atoms with van der Waals surface area (Å²) in [6.45, 7) is 2.98. The molecule has 0 aliphatic rings. The summed E-state index contributed by atoms with van der Waals surface area (Å²) in [6.07, 6.45) is 0. The van der Waals surface area contributed by atoms with Crippen molar-refractivity contribution in [1.82, 2.24) is 15.2 Å². The number of carbonyl (C=O) groups excluding carboxylic acids is 1. The van der Waals surface area contributed by atoms with Crippen molar-refractivity contribution in [2.75, 3.05) is 26.8 Å². The Morgan fingerprint density at radius 1 is 1.19 bits per heavy atom. The molecule has 26 heavy (non-hydrogen) atoms. The van der Waals surface area contributed by atoms with Crippen molar-refractivity contribution in [3.05, 3.63) is 35.7 Å². The van der Waals surface area contributed by atoms with Crippen LogP contribution in [0.5, 0.6) is 11.5 Å². The Morgan fingerprint density at radius 3 is 2.50 bits per heavy atom. The number of hydrogen-bond acceptors (Lipinski definition) is 7. The van der Waals surface area contributed by atoms with Gasteiger partial charge in [-0.05, 0) is 26.0 Å². The lowest BCUT2D eigenvalue weighted by Gasteiger charge is -2.11. The number of nitrogens with one attached hydrogen (secondary N) is 2. The molecule has 1 aromatic heterocycles. The van der Waals surface area contributed by atoms with Gasteiger partial charge in [-0.25, -0.2) is 13.1 Å². The average molecular weight is 383 g/mol. The van der Waals surface area contributed by atoms with Crippen molar-refractivity contribution >= 4 is 15.9 Å². The standard InChI is InChI=1S/C16H21N3O6S/c1-11-16(12(2)25-19-11)26(21,22)18-9-8-17-15(20)10-24-14-7-5-4-6-13(14)23-3/h4-7,18H,8-10H2,1-3H3,(H,17,20). The maximum atomic E-state index is 12.2. The van der Waals surface area contributed by atoms with E-state index in [0.717, 1.165) is 0 Å². The molecule has 0 bridgehead atoms. The minimum Gasteiger partial charge on any atom is -0.493 e. The van der Waals surface area contributed by atoms with Crippen molar-refractivity contribution < 1.29 is 27.2 Å². The molecule has 0 aliphatic heterocycles. The molecule has 0 spiro atoms. The van der Waals surface area contributed by atoms with Gasteiger partial charge in [-0.1, -0.05) is 17.3 Å². The second-order valence-corrected chi connectivity index (χ2v) is 7.04. The van der Waals surface area contributed by atoms with Gasteiger partial charge in [0.05, 0.1) is 7.11 Å². The maximum absolute atomic E-state index is 12.2. The van der Waals surface area contributed by atoms with E-state index in [1.807, 2.05) is 0 Å². The highest BCUT2D eigenvalue weighted by molar-refractivity contribution is 7.89. The zero-order chi connectivity index (χ0) is 19.2. The summed E-state index contributed by atoms with van der Waals surface area (Å²) in [7, 11) is -2.24. The Labute approximate surface area is 151 Å². The number of rotatable bonds is 9. The first kappa shape index (κ1) is 19.7. The normalized spacial score (nSPS) is 11.2. The van der Waals surface area contributed by atoms with Crippen molar-refractivity contribution in [3.8, 4) is 11.5 Å². The summed E-state index contributed by atoms with van der Waals surface area (Å²) >= 11 is 0. The quantitative estimate of drug-likeness (QED) is 0.614. The number of aryl methyl sites for hydroxylation is 2. The van der Waals surface area contributed by atoms with Gasteiger partial charge >= 0.3 is 0 Å². The van der Waals surface area contributed by atoms with E-state index >= 15 is 0 Å². The highest BCUT2D eigenvalue weighted by atomic mass is 32.2. The second-order valence-electron chi connectivity index (χ2n) is 5.34. The summed E-state index contributed by atoms with van der Waals surface area (Å²) in [4.78, 5) is 11.8. The molecule has 142 valence electrons. The molecular weight excluding hydrogens is 362 g/mol. The van der Waals surface area contributed by atoms with Gasteiger partial charge in [0.1, 0.15) is 10.6 Å². The molecule has 0 fully saturated rings. The first-order valence-corrected chi connectivity index (χ1v) is 9.28. The molecule has 10 heteroatoms. The van der Waals surface area contributed by atoms with Crippen LogP contribution in [0.15, 0.2) is 33.7 Å². The van der Waals surface area contributed by atoms with E-state index in [4.69, 9.17) is 14.0 Å². The smallest absolute Gasteiger partial charge is 0.257 e. The highest BCUT2D eigenvalue weighted by Crippen LogP contribution is 2.25. The number of sulfonamides is 1. The molecule has 2 aromatic rings. The molecule has 0 radical (unpaired) electrons. The Balaban J connectivity index is 1.77. The molecule has 9 nitrogen and oxygen atoms in total. The van der Waals surface area contributed by atoms with E-state index in [9.17, 15) is 13.2 Å². The fraction of sp³-hybridized carbons (Fsp3) is 0.375. The molecule has 1 heterocycles. The van der Waals surface area contributed by atoms with Crippen LogP contribution in [-0.4, -0.2) is 46.3 Å². The number of hydrogen-bond donors (Lipinski definition) is 2. The zero-order valence-electron chi connectivity index (χ0n) is 14.7. The van der Waals surface area contributed by atoms with E-state index in [1.165, 1.54) is 14.0 Å². The first-order valence-electron chi connectivity index (χ1n) is 7.80. The number of ether oxygens (including phenoxy) is 2. The van der Waals surface area contributed by atoms with Gasteiger partial charge < -0.3 is 19.3 Å². The Morgan fingerprint density at radius 2 is 1.88 bits per heavy atom. The van der Waals surface area contributed by atoms with Gasteiger partial charge in [0.2, 0.25) is 10.0 Å². The third-order valence-electron chi connectivity index (χ3n) is 3.40. The van der Waals surface area contributed by atoms with E-state index in [-0.39, 0.29) is 42.0 Å². The number of aromatic nitrogens is 1. The predicted octanol–water partition coefficient (Wildman–Crippen LogP) is 0.774. The van der Waals surface area contributed by atoms with Crippen molar-refractivity contribution in [2.24, 2.45) is 0 Å². The minimum atomic E-state index is -3.75. The van der Waals surface area contributed by atoms with Gasteiger partial charge in [-0.3, -0.25) is 4.79 Å². The van der Waals surface area contributed by atoms with E-state index in [2.05, 4.69) is 15.2 Å². The summed E-state index contributed by atoms with van der Waals surface area (Å²) in [5.41, 5.74) is 0.282. The summed E-state index contributed by atoms with van der Waals surface area (Å²) in [6, 6.07) is 6.96. The van der Waals surface area contributed by atoms with Gasteiger partial charge in [-0.15, -0.1) is 0 Å². The SMILES string of the molecule is COc1ccccc1OCC(=O)NCCNS(=O)(=O)c1c(C)noc1C. The third-order valence-corrected chi connectivity index (χ3v) is 5.11. The molecule has 0 saturated carbocycles. The Bertz CT molecular complexity index is 843. The van der Waals surface area contributed by atoms with Crippen LogP contribution in [0.4, 0.5) is 0 Å². The van der Waals surface area contributed by atoms with Gasteiger partial charge in [0.25, 0.3) is 5.91 Å². The lowest BCUT2D eigenvalue weighted by atomic mass is 10.3. The van der Waals surface area contributed by atoms with Crippen molar-refractivity contribution in [1.29, 1.82) is 0 Å². The maximum Gasteiger partial charge on any atom is 0.257 e. The van der Waals surface area contributed by atoms with Crippen molar-refractivity contribution in [2.45, 2.75) is 18.7 Å². The number of amides is 1. The second kappa shape index (κ2) is 8.68. The largest absolute Gasteiger partial charge is 0.493 e. The summed E-state index contributed by atoms with van der Waals surface area (Å²) in [5, 5.41) is 6.18. The Hall–Kier alpha value is -2.59. The Kier molecular flexibility index (Phi) is 6.58. The van der Waals surface area contributed by atoms with Crippen molar-refractivity contribution in [3.63, 3.8) is 0 Å². The number of methoxy groups -OCH3 is 1. The topological polar surface area (TPSA) is 120 Å². The molecule has 2 N–H and O–H groups in total. The van der Waals surface area contributed by atoms with E-state index < -0.39 is 10.0 Å². The minimum absolute atomic E-state index is 0.0170. The van der Waals surface area contributed by atoms with Crippen LogP contribution < -0.4 is 19.5 Å². The van der Waals surface area contributed by atoms with Gasteiger partial charge in [0.15, 0.2) is 23.9 Å². The molecular formula is C16H21N3O6S. The summed E-state index contributed by atoms with van der Waals surface area (Å²) in [5.74, 6) is 0.800. The van der Waals surface area contributed by atoms with Crippen LogP contribution in [0.25, 0.3) is 0 Å². The number of carbonyl (C=O) groups is 1. The van der Waals surface area contributed by atoms with Crippen LogP contribution in [-0.2, 0) is 14.8 Å². The molecule has 0 atom stereocenters. The van der Waals surface area contributed by atoms with Crippen LogP contribution >= 0.6 is 0 Å². The lowest BCUT2D eigenvalue weighted by molar-refractivity contribution is -0.123.